The Morgan fingerprint density at radius 3 is 2.95 bits per heavy atom. The molecule has 0 atom stereocenters. The van der Waals surface area contributed by atoms with Gasteiger partial charge in [-0.1, -0.05) is 12.1 Å². The SMILES string of the molecule is NCCNC(=O)CCn1cnc2ccccc2c1=O. The van der Waals surface area contributed by atoms with Crippen LogP contribution in [0.15, 0.2) is 35.4 Å². The van der Waals surface area contributed by atoms with E-state index in [0.29, 0.717) is 30.5 Å². The van der Waals surface area contributed by atoms with Gasteiger partial charge in [-0.2, -0.15) is 0 Å². The molecule has 2 rings (SSSR count). The maximum Gasteiger partial charge on any atom is 0.261 e. The van der Waals surface area contributed by atoms with Crippen molar-refractivity contribution in [3.05, 3.63) is 40.9 Å². The number of benzene rings is 1. The van der Waals surface area contributed by atoms with Crippen LogP contribution in [0, 0.1) is 0 Å². The lowest BCUT2D eigenvalue weighted by Crippen LogP contribution is -2.31. The molecule has 1 heterocycles. The molecule has 3 N–H and O–H groups in total. The van der Waals surface area contributed by atoms with Crippen LogP contribution in [0.5, 0.6) is 0 Å². The second kappa shape index (κ2) is 6.10. The van der Waals surface area contributed by atoms with Gasteiger partial charge >= 0.3 is 0 Å². The number of aromatic nitrogens is 2. The third-order valence-electron chi connectivity index (χ3n) is 2.78. The highest BCUT2D eigenvalue weighted by atomic mass is 16.1. The van der Waals surface area contributed by atoms with Crippen LogP contribution in [0.2, 0.25) is 0 Å². The van der Waals surface area contributed by atoms with Gasteiger partial charge in [0.1, 0.15) is 0 Å². The first-order chi connectivity index (χ1) is 9.22. The van der Waals surface area contributed by atoms with Crippen molar-refractivity contribution in [3.63, 3.8) is 0 Å². The molecule has 0 unspecified atom stereocenters. The lowest BCUT2D eigenvalue weighted by molar-refractivity contribution is -0.121. The number of nitrogens with one attached hydrogen (secondary N) is 1. The molecular weight excluding hydrogens is 244 g/mol. The van der Waals surface area contributed by atoms with Gasteiger partial charge in [-0.05, 0) is 12.1 Å². The van der Waals surface area contributed by atoms with E-state index in [-0.39, 0.29) is 17.9 Å². The third-order valence-corrected chi connectivity index (χ3v) is 2.78. The van der Waals surface area contributed by atoms with Crippen LogP contribution in [0.4, 0.5) is 0 Å². The number of nitrogens with two attached hydrogens (primary N) is 1. The van der Waals surface area contributed by atoms with Crippen LogP contribution in [0.1, 0.15) is 6.42 Å². The van der Waals surface area contributed by atoms with Crippen LogP contribution in [-0.2, 0) is 11.3 Å². The van der Waals surface area contributed by atoms with E-state index in [2.05, 4.69) is 10.3 Å². The minimum absolute atomic E-state index is 0.120. The number of nitrogens with zero attached hydrogens (tertiary/aromatic N) is 2. The molecule has 6 nitrogen and oxygen atoms in total. The van der Waals surface area contributed by atoms with Gasteiger partial charge in [0.05, 0.1) is 17.2 Å². The van der Waals surface area contributed by atoms with Gasteiger partial charge in [-0.15, -0.1) is 0 Å². The number of aryl methyl sites for hydroxylation is 1. The average Bonchev–Trinajstić information content (AvgIpc) is 2.44. The van der Waals surface area contributed by atoms with E-state index in [4.69, 9.17) is 5.73 Å². The average molecular weight is 260 g/mol. The molecule has 0 aliphatic carbocycles. The maximum atomic E-state index is 12.1. The molecule has 2 aromatic rings. The molecular formula is C13H16N4O2. The summed E-state index contributed by atoms with van der Waals surface area (Å²) in [5, 5.41) is 3.22. The van der Waals surface area contributed by atoms with Gasteiger partial charge in [-0.25, -0.2) is 4.98 Å². The van der Waals surface area contributed by atoms with E-state index in [1.807, 2.05) is 6.07 Å². The van der Waals surface area contributed by atoms with E-state index in [1.54, 1.807) is 18.2 Å². The molecule has 0 aliphatic rings. The van der Waals surface area contributed by atoms with Gasteiger partial charge in [0, 0.05) is 26.1 Å². The van der Waals surface area contributed by atoms with Crippen molar-refractivity contribution in [3.8, 4) is 0 Å². The van der Waals surface area contributed by atoms with E-state index in [0.717, 1.165) is 0 Å². The monoisotopic (exact) mass is 260 g/mol. The summed E-state index contributed by atoms with van der Waals surface area (Å²) in [6.07, 6.45) is 1.71. The summed E-state index contributed by atoms with van der Waals surface area (Å²) in [7, 11) is 0. The number of hydrogen-bond acceptors (Lipinski definition) is 4. The molecule has 6 heteroatoms. The zero-order chi connectivity index (χ0) is 13.7. The normalized spacial score (nSPS) is 10.6. The molecule has 0 radical (unpaired) electrons. The molecule has 0 bridgehead atoms. The Labute approximate surface area is 110 Å². The highest BCUT2D eigenvalue weighted by molar-refractivity contribution is 5.77. The second-order valence-corrected chi connectivity index (χ2v) is 4.15. The molecule has 1 aromatic carbocycles. The maximum absolute atomic E-state index is 12.1. The Balaban J connectivity index is 2.11. The van der Waals surface area contributed by atoms with E-state index < -0.39 is 0 Å². The summed E-state index contributed by atoms with van der Waals surface area (Å²) in [5.74, 6) is -0.120. The highest BCUT2D eigenvalue weighted by Gasteiger charge is 2.05. The summed E-state index contributed by atoms with van der Waals surface area (Å²) in [5.41, 5.74) is 5.83. The lowest BCUT2D eigenvalue weighted by atomic mass is 10.2. The van der Waals surface area contributed by atoms with Crippen molar-refractivity contribution in [1.29, 1.82) is 0 Å². The Bertz CT molecular complexity index is 636. The number of carbonyl (C=O) groups excluding carboxylic acids is 1. The van der Waals surface area contributed by atoms with Gasteiger partial charge in [0.15, 0.2) is 0 Å². The smallest absolute Gasteiger partial charge is 0.261 e. The first-order valence-electron chi connectivity index (χ1n) is 6.13. The van der Waals surface area contributed by atoms with Crippen molar-refractivity contribution < 1.29 is 4.79 Å². The van der Waals surface area contributed by atoms with Gasteiger partial charge in [0.25, 0.3) is 5.56 Å². The molecule has 0 fully saturated rings. The van der Waals surface area contributed by atoms with Crippen LogP contribution >= 0.6 is 0 Å². The Morgan fingerprint density at radius 1 is 1.37 bits per heavy atom. The number of rotatable bonds is 5. The van der Waals surface area contributed by atoms with Crippen LogP contribution < -0.4 is 16.6 Å². The topological polar surface area (TPSA) is 90.0 Å². The fraction of sp³-hybridized carbons (Fsp3) is 0.308. The summed E-state index contributed by atoms with van der Waals surface area (Å²) >= 11 is 0. The van der Waals surface area contributed by atoms with Crippen molar-refractivity contribution in [2.45, 2.75) is 13.0 Å². The number of hydrogen-bond donors (Lipinski definition) is 2. The molecule has 0 saturated carbocycles. The molecule has 0 spiro atoms. The Morgan fingerprint density at radius 2 is 2.16 bits per heavy atom. The largest absolute Gasteiger partial charge is 0.355 e. The third kappa shape index (κ3) is 3.17. The molecule has 1 aromatic heterocycles. The number of carbonyl (C=O) groups is 1. The molecule has 0 aliphatic heterocycles. The zero-order valence-electron chi connectivity index (χ0n) is 10.5. The first kappa shape index (κ1) is 13.2. The van der Waals surface area contributed by atoms with E-state index >= 15 is 0 Å². The quantitative estimate of drug-likeness (QED) is 0.783. The molecule has 19 heavy (non-hydrogen) atoms. The number of fused-ring (bicyclic) bond motifs is 1. The predicted octanol–water partition coefficient (Wildman–Crippen LogP) is -0.138. The highest BCUT2D eigenvalue weighted by Crippen LogP contribution is 2.04. The summed E-state index contributed by atoms with van der Waals surface area (Å²) in [6.45, 7) is 1.17. The molecule has 100 valence electrons. The van der Waals surface area contributed by atoms with Crippen LogP contribution in [0.3, 0.4) is 0 Å². The van der Waals surface area contributed by atoms with E-state index in [9.17, 15) is 9.59 Å². The van der Waals surface area contributed by atoms with Crippen molar-refractivity contribution >= 4 is 16.8 Å². The number of amides is 1. The van der Waals surface area contributed by atoms with Gasteiger partial charge in [-0.3, -0.25) is 14.2 Å². The fourth-order valence-electron chi connectivity index (χ4n) is 1.79. The minimum Gasteiger partial charge on any atom is -0.355 e. The predicted molar refractivity (Wildman–Crippen MR) is 72.7 cm³/mol. The first-order valence-corrected chi connectivity index (χ1v) is 6.13. The van der Waals surface area contributed by atoms with Crippen molar-refractivity contribution in [2.24, 2.45) is 5.73 Å². The fourth-order valence-corrected chi connectivity index (χ4v) is 1.79. The standard InChI is InChI=1S/C13H16N4O2/c14-6-7-15-12(18)5-8-17-9-16-11-4-2-1-3-10(11)13(17)19/h1-4,9H,5-8,14H2,(H,15,18). The summed E-state index contributed by atoms with van der Waals surface area (Å²) in [6, 6.07) is 7.15. The number of para-hydroxylation sites is 1. The summed E-state index contributed by atoms with van der Waals surface area (Å²) in [4.78, 5) is 27.8. The zero-order valence-corrected chi connectivity index (χ0v) is 10.5. The molecule has 0 saturated heterocycles. The lowest BCUT2D eigenvalue weighted by Gasteiger charge is -2.07. The van der Waals surface area contributed by atoms with Gasteiger partial charge in [0.2, 0.25) is 5.91 Å². The summed E-state index contributed by atoms with van der Waals surface area (Å²) < 4.78 is 1.45. The Hall–Kier alpha value is -2.21. The van der Waals surface area contributed by atoms with Crippen LogP contribution in [-0.4, -0.2) is 28.5 Å². The Kier molecular flexibility index (Phi) is 4.25. The molecule has 1 amide bonds. The van der Waals surface area contributed by atoms with Crippen LogP contribution in [0.25, 0.3) is 10.9 Å². The van der Waals surface area contributed by atoms with Gasteiger partial charge < -0.3 is 11.1 Å². The van der Waals surface area contributed by atoms with Crippen molar-refractivity contribution in [1.82, 2.24) is 14.9 Å². The minimum atomic E-state index is -0.128. The second-order valence-electron chi connectivity index (χ2n) is 4.15. The van der Waals surface area contributed by atoms with Crippen molar-refractivity contribution in [2.75, 3.05) is 13.1 Å². The van der Waals surface area contributed by atoms with E-state index in [1.165, 1.54) is 10.9 Å².